The van der Waals surface area contributed by atoms with Crippen LogP contribution in [0.2, 0.25) is 5.02 Å². The number of para-hydroxylation sites is 3. The standard InChI is InChI=1S/C25H25ClN2O2/c1-18-12-13-19(2)24(16-18)30-17-25-27-21-9-4-5-10-22(21)28(25)14-7-15-29-23-11-6-3-8-20(23)26/h3-6,8-13,16H,7,14-15,17H2,1-2H3. The van der Waals surface area contributed by atoms with E-state index in [0.29, 0.717) is 24.0 Å². The van der Waals surface area contributed by atoms with E-state index in [1.54, 1.807) is 0 Å². The van der Waals surface area contributed by atoms with E-state index < -0.39 is 0 Å². The monoisotopic (exact) mass is 420 g/mol. The van der Waals surface area contributed by atoms with Gasteiger partial charge in [0, 0.05) is 6.54 Å². The van der Waals surface area contributed by atoms with E-state index in [2.05, 4.69) is 42.7 Å². The molecule has 0 amide bonds. The summed E-state index contributed by atoms with van der Waals surface area (Å²) < 4.78 is 14.2. The summed E-state index contributed by atoms with van der Waals surface area (Å²) in [5.74, 6) is 2.53. The van der Waals surface area contributed by atoms with Crippen molar-refractivity contribution in [2.75, 3.05) is 6.61 Å². The number of hydrogen-bond acceptors (Lipinski definition) is 3. The summed E-state index contributed by atoms with van der Waals surface area (Å²) >= 11 is 6.17. The maximum Gasteiger partial charge on any atom is 0.148 e. The van der Waals surface area contributed by atoms with Crippen LogP contribution in [0, 0.1) is 13.8 Å². The molecule has 5 heteroatoms. The topological polar surface area (TPSA) is 36.3 Å². The first kappa shape index (κ1) is 20.3. The predicted molar refractivity (Wildman–Crippen MR) is 122 cm³/mol. The molecule has 4 aromatic rings. The van der Waals surface area contributed by atoms with Crippen molar-refractivity contribution in [1.29, 1.82) is 0 Å². The van der Waals surface area contributed by atoms with Gasteiger partial charge in [0.15, 0.2) is 0 Å². The number of ether oxygens (including phenoxy) is 2. The summed E-state index contributed by atoms with van der Waals surface area (Å²) in [4.78, 5) is 4.81. The van der Waals surface area contributed by atoms with Gasteiger partial charge in [0.05, 0.1) is 22.7 Å². The molecule has 0 aliphatic rings. The summed E-state index contributed by atoms with van der Waals surface area (Å²) in [6.45, 7) is 5.92. The molecule has 0 saturated carbocycles. The van der Waals surface area contributed by atoms with Crippen LogP contribution in [0.3, 0.4) is 0 Å². The number of benzene rings is 3. The molecule has 0 atom stereocenters. The van der Waals surface area contributed by atoms with E-state index in [1.165, 1.54) is 5.56 Å². The van der Waals surface area contributed by atoms with Gasteiger partial charge in [0.25, 0.3) is 0 Å². The average molecular weight is 421 g/mol. The molecule has 0 aliphatic heterocycles. The maximum absolute atomic E-state index is 6.17. The molecule has 0 radical (unpaired) electrons. The minimum atomic E-state index is 0.421. The predicted octanol–water partition coefficient (Wildman–Crippen LogP) is 6.35. The Morgan fingerprint density at radius 1 is 0.900 bits per heavy atom. The third-order valence-electron chi connectivity index (χ3n) is 5.05. The average Bonchev–Trinajstić information content (AvgIpc) is 3.10. The van der Waals surface area contributed by atoms with Crippen molar-refractivity contribution >= 4 is 22.6 Å². The second-order valence-corrected chi connectivity index (χ2v) is 7.77. The van der Waals surface area contributed by atoms with Crippen molar-refractivity contribution < 1.29 is 9.47 Å². The van der Waals surface area contributed by atoms with E-state index in [1.807, 2.05) is 42.5 Å². The summed E-state index contributed by atoms with van der Waals surface area (Å²) in [7, 11) is 0. The van der Waals surface area contributed by atoms with Gasteiger partial charge in [-0.05, 0) is 61.7 Å². The Morgan fingerprint density at radius 2 is 1.70 bits per heavy atom. The highest BCUT2D eigenvalue weighted by atomic mass is 35.5. The molecule has 1 aromatic heterocycles. The molecule has 4 nitrogen and oxygen atoms in total. The van der Waals surface area contributed by atoms with E-state index in [-0.39, 0.29) is 0 Å². The van der Waals surface area contributed by atoms with Gasteiger partial charge in [-0.2, -0.15) is 0 Å². The van der Waals surface area contributed by atoms with Crippen LogP contribution in [-0.4, -0.2) is 16.2 Å². The van der Waals surface area contributed by atoms with Gasteiger partial charge in [0.2, 0.25) is 0 Å². The number of nitrogens with zero attached hydrogens (tertiary/aromatic N) is 2. The lowest BCUT2D eigenvalue weighted by Crippen LogP contribution is -2.10. The summed E-state index contributed by atoms with van der Waals surface area (Å²) in [5.41, 5.74) is 4.39. The summed E-state index contributed by atoms with van der Waals surface area (Å²) in [6, 6.07) is 22.0. The normalized spacial score (nSPS) is 11.0. The van der Waals surface area contributed by atoms with E-state index in [0.717, 1.165) is 41.1 Å². The minimum Gasteiger partial charge on any atom is -0.492 e. The Kier molecular flexibility index (Phi) is 6.24. The number of aromatic nitrogens is 2. The second-order valence-electron chi connectivity index (χ2n) is 7.36. The molecule has 154 valence electrons. The molecule has 4 rings (SSSR count). The largest absolute Gasteiger partial charge is 0.492 e. The highest BCUT2D eigenvalue weighted by Gasteiger charge is 2.12. The zero-order valence-corrected chi connectivity index (χ0v) is 18.0. The molecule has 0 N–H and O–H groups in total. The van der Waals surface area contributed by atoms with Gasteiger partial charge >= 0.3 is 0 Å². The zero-order valence-electron chi connectivity index (χ0n) is 17.3. The van der Waals surface area contributed by atoms with Crippen LogP contribution in [0.1, 0.15) is 23.4 Å². The van der Waals surface area contributed by atoms with Crippen LogP contribution in [-0.2, 0) is 13.2 Å². The van der Waals surface area contributed by atoms with Crippen LogP contribution in [0.4, 0.5) is 0 Å². The summed E-state index contributed by atoms with van der Waals surface area (Å²) in [5, 5.41) is 0.633. The molecule has 1 heterocycles. The lowest BCUT2D eigenvalue weighted by atomic mass is 10.1. The molecular formula is C25H25ClN2O2. The van der Waals surface area contributed by atoms with Crippen molar-refractivity contribution in [3.05, 3.63) is 88.7 Å². The smallest absolute Gasteiger partial charge is 0.148 e. The number of hydrogen-bond donors (Lipinski definition) is 0. The molecule has 30 heavy (non-hydrogen) atoms. The molecule has 3 aromatic carbocycles. The van der Waals surface area contributed by atoms with Gasteiger partial charge in [0.1, 0.15) is 23.9 Å². The molecule has 0 fully saturated rings. The van der Waals surface area contributed by atoms with Crippen molar-refractivity contribution in [2.45, 2.75) is 33.4 Å². The fourth-order valence-corrected chi connectivity index (χ4v) is 3.65. The quantitative estimate of drug-likeness (QED) is 0.311. The molecule has 0 spiro atoms. The first-order valence-electron chi connectivity index (χ1n) is 10.1. The Balaban J connectivity index is 1.47. The van der Waals surface area contributed by atoms with E-state index >= 15 is 0 Å². The van der Waals surface area contributed by atoms with Crippen LogP contribution in [0.5, 0.6) is 11.5 Å². The van der Waals surface area contributed by atoms with E-state index in [9.17, 15) is 0 Å². The maximum atomic E-state index is 6.17. The molecule has 0 unspecified atom stereocenters. The molecule has 0 bridgehead atoms. The van der Waals surface area contributed by atoms with Gasteiger partial charge in [-0.25, -0.2) is 4.98 Å². The van der Waals surface area contributed by atoms with Crippen LogP contribution < -0.4 is 9.47 Å². The number of fused-ring (bicyclic) bond motifs is 1. The Hall–Kier alpha value is -2.98. The van der Waals surface area contributed by atoms with Crippen molar-refractivity contribution in [3.63, 3.8) is 0 Å². The Labute approximate surface area is 182 Å². The fraction of sp³-hybridized carbons (Fsp3) is 0.240. The first-order chi connectivity index (χ1) is 14.6. The van der Waals surface area contributed by atoms with Crippen molar-refractivity contribution in [1.82, 2.24) is 9.55 Å². The molecule has 0 aliphatic carbocycles. The highest BCUT2D eigenvalue weighted by molar-refractivity contribution is 6.32. The SMILES string of the molecule is Cc1ccc(C)c(OCc2nc3ccccc3n2CCCOc2ccccc2Cl)c1. The fourth-order valence-electron chi connectivity index (χ4n) is 3.46. The van der Waals surface area contributed by atoms with Crippen molar-refractivity contribution in [2.24, 2.45) is 0 Å². The molecule has 0 saturated heterocycles. The number of imidazole rings is 1. The molecular weight excluding hydrogens is 396 g/mol. The highest BCUT2D eigenvalue weighted by Crippen LogP contribution is 2.24. The third kappa shape index (κ3) is 4.60. The number of aryl methyl sites for hydroxylation is 3. The Bertz CT molecular complexity index is 1150. The lowest BCUT2D eigenvalue weighted by molar-refractivity contribution is 0.279. The lowest BCUT2D eigenvalue weighted by Gasteiger charge is -2.13. The van der Waals surface area contributed by atoms with Gasteiger partial charge in [-0.1, -0.05) is 48.0 Å². The minimum absolute atomic E-state index is 0.421. The second kappa shape index (κ2) is 9.23. The third-order valence-corrected chi connectivity index (χ3v) is 5.37. The van der Waals surface area contributed by atoms with Gasteiger partial charge < -0.3 is 14.0 Å². The summed E-state index contributed by atoms with van der Waals surface area (Å²) in [6.07, 6.45) is 0.835. The number of rotatable bonds is 8. The van der Waals surface area contributed by atoms with Crippen LogP contribution in [0.15, 0.2) is 66.7 Å². The van der Waals surface area contributed by atoms with Gasteiger partial charge in [-0.3, -0.25) is 0 Å². The van der Waals surface area contributed by atoms with Crippen molar-refractivity contribution in [3.8, 4) is 11.5 Å². The van der Waals surface area contributed by atoms with Gasteiger partial charge in [-0.15, -0.1) is 0 Å². The number of halogens is 1. The van der Waals surface area contributed by atoms with E-state index in [4.69, 9.17) is 26.1 Å². The Morgan fingerprint density at radius 3 is 2.57 bits per heavy atom. The van der Waals surface area contributed by atoms with Crippen LogP contribution in [0.25, 0.3) is 11.0 Å². The van der Waals surface area contributed by atoms with Crippen LogP contribution >= 0.6 is 11.6 Å². The zero-order chi connectivity index (χ0) is 20.9. The first-order valence-corrected chi connectivity index (χ1v) is 10.5.